The second kappa shape index (κ2) is 5.00. The fourth-order valence-corrected chi connectivity index (χ4v) is 3.01. The second-order valence-electron chi connectivity index (χ2n) is 5.32. The molecule has 21 heavy (non-hydrogen) atoms. The number of allylic oxidation sites excluding steroid dienone is 2. The van der Waals surface area contributed by atoms with Gasteiger partial charge in [0.1, 0.15) is 0 Å². The quantitative estimate of drug-likeness (QED) is 0.838. The molecule has 2 atom stereocenters. The fourth-order valence-electron chi connectivity index (χ4n) is 3.01. The highest BCUT2D eigenvalue weighted by Gasteiger charge is 2.50. The first-order chi connectivity index (χ1) is 10.0. The molecule has 2 aliphatic rings. The van der Waals surface area contributed by atoms with E-state index in [-0.39, 0.29) is 23.9 Å². The van der Waals surface area contributed by atoms with Crippen LogP contribution < -0.4 is 0 Å². The van der Waals surface area contributed by atoms with Crippen LogP contribution in [0.5, 0.6) is 0 Å². The van der Waals surface area contributed by atoms with E-state index in [4.69, 9.17) is 4.74 Å². The number of hydrogen-bond acceptors (Lipinski definition) is 5. The summed E-state index contributed by atoms with van der Waals surface area (Å²) in [5.74, 6) is -3.25. The summed E-state index contributed by atoms with van der Waals surface area (Å²) in [6.45, 7) is 0. The fraction of sp³-hybridized carbons (Fsp3) is 0.375. The highest BCUT2D eigenvalue weighted by molar-refractivity contribution is 5.98. The molecule has 1 aliphatic heterocycles. The van der Waals surface area contributed by atoms with Gasteiger partial charge < -0.3 is 14.6 Å². The number of methoxy groups -OCH3 is 1. The van der Waals surface area contributed by atoms with Crippen molar-refractivity contribution in [1.82, 2.24) is 0 Å². The lowest BCUT2D eigenvalue weighted by atomic mass is 9.83. The maximum atomic E-state index is 11.9. The molecular formula is C16H16O5. The predicted molar refractivity (Wildman–Crippen MR) is 73.1 cm³/mol. The number of ether oxygens (including phenoxy) is 2. The third-order valence-electron chi connectivity index (χ3n) is 4.04. The number of carbonyl (C=O) groups excluding carboxylic acids is 2. The zero-order chi connectivity index (χ0) is 15.0. The van der Waals surface area contributed by atoms with Crippen molar-refractivity contribution in [3.8, 4) is 0 Å². The monoisotopic (exact) mass is 288 g/mol. The summed E-state index contributed by atoms with van der Waals surface area (Å²) in [5.41, 5.74) is 1.81. The molecule has 1 heterocycles. The van der Waals surface area contributed by atoms with Crippen molar-refractivity contribution in [1.29, 1.82) is 0 Å². The molecule has 0 saturated carbocycles. The lowest BCUT2D eigenvalue weighted by Crippen LogP contribution is -2.46. The number of Topliss-reactive ketones (excluding diaryl/α,β-unsaturated/α-hetero) is 1. The molecule has 3 rings (SSSR count). The van der Waals surface area contributed by atoms with Gasteiger partial charge in [-0.05, 0) is 17.6 Å². The van der Waals surface area contributed by atoms with Crippen LogP contribution in [0.25, 0.3) is 0 Å². The Morgan fingerprint density at radius 2 is 2.05 bits per heavy atom. The molecule has 0 saturated heterocycles. The van der Waals surface area contributed by atoms with Crippen LogP contribution in [0.15, 0.2) is 41.7 Å². The molecule has 1 aromatic carbocycles. The van der Waals surface area contributed by atoms with Gasteiger partial charge in [0, 0.05) is 18.8 Å². The number of rotatable bonds is 2. The van der Waals surface area contributed by atoms with Gasteiger partial charge in [-0.1, -0.05) is 30.3 Å². The molecule has 5 heteroatoms. The average Bonchev–Trinajstić information content (AvgIpc) is 2.87. The van der Waals surface area contributed by atoms with Crippen molar-refractivity contribution >= 4 is 11.8 Å². The molecule has 0 amide bonds. The van der Waals surface area contributed by atoms with Crippen molar-refractivity contribution in [2.75, 3.05) is 7.11 Å². The number of carbonyl (C=O) groups is 2. The Balaban J connectivity index is 2.06. The van der Waals surface area contributed by atoms with Gasteiger partial charge in [0.25, 0.3) is 0 Å². The number of esters is 1. The maximum Gasteiger partial charge on any atom is 0.379 e. The van der Waals surface area contributed by atoms with Gasteiger partial charge in [-0.25, -0.2) is 4.79 Å². The predicted octanol–water partition coefficient (Wildman–Crippen LogP) is 1.67. The Morgan fingerprint density at radius 1 is 1.33 bits per heavy atom. The molecule has 0 aromatic heterocycles. The highest BCUT2D eigenvalue weighted by atomic mass is 16.7. The largest absolute Gasteiger partial charge is 0.464 e. The van der Waals surface area contributed by atoms with E-state index in [9.17, 15) is 14.7 Å². The van der Waals surface area contributed by atoms with Gasteiger partial charge in [-0.2, -0.15) is 0 Å². The molecule has 110 valence electrons. The van der Waals surface area contributed by atoms with E-state index in [1.54, 1.807) is 0 Å². The molecule has 0 radical (unpaired) electrons. The summed E-state index contributed by atoms with van der Waals surface area (Å²) in [6.07, 6.45) is 1.01. The van der Waals surface area contributed by atoms with Crippen molar-refractivity contribution in [3.63, 3.8) is 0 Å². The molecule has 0 fully saturated rings. The van der Waals surface area contributed by atoms with E-state index >= 15 is 0 Å². The minimum absolute atomic E-state index is 0.0514. The smallest absolute Gasteiger partial charge is 0.379 e. The van der Waals surface area contributed by atoms with E-state index in [0.29, 0.717) is 12.8 Å². The minimum Gasteiger partial charge on any atom is -0.464 e. The van der Waals surface area contributed by atoms with Gasteiger partial charge in [-0.15, -0.1) is 0 Å². The summed E-state index contributed by atoms with van der Waals surface area (Å²) in [4.78, 5) is 23.8. The molecule has 0 bridgehead atoms. The molecule has 1 N–H and O–H groups in total. The van der Waals surface area contributed by atoms with Gasteiger partial charge in [-0.3, -0.25) is 4.79 Å². The van der Waals surface area contributed by atoms with Crippen LogP contribution in [-0.4, -0.2) is 29.8 Å². The van der Waals surface area contributed by atoms with Gasteiger partial charge >= 0.3 is 11.8 Å². The van der Waals surface area contributed by atoms with Crippen LogP contribution in [0, 0.1) is 0 Å². The Morgan fingerprint density at radius 3 is 2.71 bits per heavy atom. The summed E-state index contributed by atoms with van der Waals surface area (Å²) in [5, 5.41) is 10.5. The van der Waals surface area contributed by atoms with Crippen molar-refractivity contribution in [2.45, 2.75) is 31.0 Å². The Kier molecular flexibility index (Phi) is 3.29. The first-order valence-electron chi connectivity index (χ1n) is 6.86. The zero-order valence-electron chi connectivity index (χ0n) is 11.7. The molecule has 5 nitrogen and oxygen atoms in total. The van der Waals surface area contributed by atoms with E-state index in [1.165, 1.54) is 7.11 Å². The average molecular weight is 288 g/mol. The molecule has 0 unspecified atom stereocenters. The lowest BCUT2D eigenvalue weighted by Gasteiger charge is -2.35. The van der Waals surface area contributed by atoms with Crippen LogP contribution >= 0.6 is 0 Å². The Bertz CT molecular complexity index is 619. The topological polar surface area (TPSA) is 72.8 Å². The SMILES string of the molecule is COC(=O)[C@@]1(O)C[C@@H](c2ccccc2)C2=C(O1)C(=O)CC2. The molecule has 0 spiro atoms. The number of hydrogen-bond donors (Lipinski definition) is 1. The second-order valence-corrected chi connectivity index (χ2v) is 5.32. The normalized spacial score (nSPS) is 28.1. The molecule has 1 aliphatic carbocycles. The third-order valence-corrected chi connectivity index (χ3v) is 4.04. The highest BCUT2D eigenvalue weighted by Crippen LogP contribution is 2.46. The summed E-state index contributed by atoms with van der Waals surface area (Å²) < 4.78 is 9.94. The Labute approximate surface area is 122 Å². The van der Waals surface area contributed by atoms with Gasteiger partial charge in [0.05, 0.1) is 7.11 Å². The lowest BCUT2D eigenvalue weighted by molar-refractivity contribution is -0.220. The summed E-state index contributed by atoms with van der Waals surface area (Å²) in [7, 11) is 1.18. The van der Waals surface area contributed by atoms with Crippen LogP contribution in [0.4, 0.5) is 0 Å². The van der Waals surface area contributed by atoms with Crippen molar-refractivity contribution in [3.05, 3.63) is 47.2 Å². The van der Waals surface area contributed by atoms with Crippen molar-refractivity contribution < 1.29 is 24.2 Å². The first-order valence-corrected chi connectivity index (χ1v) is 6.86. The van der Waals surface area contributed by atoms with Crippen LogP contribution in [0.2, 0.25) is 0 Å². The van der Waals surface area contributed by atoms with Gasteiger partial charge in [0.15, 0.2) is 11.5 Å². The van der Waals surface area contributed by atoms with Crippen LogP contribution in [-0.2, 0) is 19.1 Å². The zero-order valence-corrected chi connectivity index (χ0v) is 11.7. The molecule has 1 aromatic rings. The van der Waals surface area contributed by atoms with E-state index in [1.807, 2.05) is 30.3 Å². The summed E-state index contributed by atoms with van der Waals surface area (Å²) >= 11 is 0. The van der Waals surface area contributed by atoms with E-state index < -0.39 is 11.8 Å². The van der Waals surface area contributed by atoms with E-state index in [0.717, 1.165) is 11.1 Å². The van der Waals surface area contributed by atoms with Crippen molar-refractivity contribution in [2.24, 2.45) is 0 Å². The number of ketones is 1. The van der Waals surface area contributed by atoms with Crippen LogP contribution in [0.1, 0.15) is 30.7 Å². The minimum atomic E-state index is -2.10. The number of aliphatic hydroxyl groups is 1. The standard InChI is InChI=1S/C16H16O5/c1-20-15(18)16(19)9-12(10-5-3-2-4-6-10)11-7-8-13(17)14(11)21-16/h2-6,12,19H,7-9H2,1H3/t12-,16+/m0/s1. The number of benzene rings is 1. The Hall–Kier alpha value is -2.14. The van der Waals surface area contributed by atoms with Crippen LogP contribution in [0.3, 0.4) is 0 Å². The van der Waals surface area contributed by atoms with Gasteiger partial charge in [0.2, 0.25) is 0 Å². The first kappa shape index (κ1) is 13.8. The van der Waals surface area contributed by atoms with E-state index in [2.05, 4.69) is 4.74 Å². The third kappa shape index (κ3) is 2.23. The maximum absolute atomic E-state index is 11.9. The summed E-state index contributed by atoms with van der Waals surface area (Å²) in [6, 6.07) is 9.50. The molecular weight excluding hydrogens is 272 g/mol.